The largest absolute Gasteiger partial charge is 0.400 e. The Bertz CT molecular complexity index is 1180. The molecule has 38 heavy (non-hydrogen) atoms. The first-order chi connectivity index (χ1) is 18.3. The maximum atomic E-state index is 8.00. The van der Waals surface area contributed by atoms with Crippen molar-refractivity contribution in [3.63, 3.8) is 0 Å². The minimum atomic E-state index is 0.566. The number of benzene rings is 2. The van der Waals surface area contributed by atoms with Crippen LogP contribution in [0.4, 0.5) is 5.69 Å². The van der Waals surface area contributed by atoms with Gasteiger partial charge in [-0.25, -0.2) is 9.97 Å². The van der Waals surface area contributed by atoms with E-state index >= 15 is 0 Å². The lowest BCUT2D eigenvalue weighted by atomic mass is 10.1. The molecule has 3 N–H and O–H groups in total. The van der Waals surface area contributed by atoms with E-state index in [0.717, 1.165) is 35.1 Å². The molecule has 0 spiro atoms. The summed E-state index contributed by atoms with van der Waals surface area (Å²) in [5.41, 5.74) is 6.14. The van der Waals surface area contributed by atoms with Gasteiger partial charge in [0.2, 0.25) is 0 Å². The third-order valence-electron chi connectivity index (χ3n) is 4.78. The van der Waals surface area contributed by atoms with Crippen molar-refractivity contribution < 1.29 is 9.90 Å². The zero-order valence-electron chi connectivity index (χ0n) is 23.5. The number of aryl methyl sites for hydroxylation is 3. The van der Waals surface area contributed by atoms with Gasteiger partial charge in [-0.2, -0.15) is 0 Å². The zero-order valence-corrected chi connectivity index (χ0v) is 25.0. The van der Waals surface area contributed by atoms with Gasteiger partial charge in [0.1, 0.15) is 6.79 Å². The van der Waals surface area contributed by atoms with Crippen LogP contribution in [0.2, 0.25) is 10.0 Å². The normalized spacial score (nSPS) is 9.42. The van der Waals surface area contributed by atoms with E-state index in [9.17, 15) is 0 Å². The molecule has 0 atom stereocenters. The van der Waals surface area contributed by atoms with Crippen molar-refractivity contribution in [2.24, 2.45) is 7.05 Å². The van der Waals surface area contributed by atoms with Crippen LogP contribution in [0.1, 0.15) is 42.8 Å². The van der Waals surface area contributed by atoms with Crippen LogP contribution < -0.4 is 10.6 Å². The maximum absolute atomic E-state index is 8.00. The molecule has 0 bridgehead atoms. The van der Waals surface area contributed by atoms with Gasteiger partial charge >= 0.3 is 0 Å². The molecule has 0 aliphatic carbocycles. The lowest BCUT2D eigenvalue weighted by Gasteiger charge is -2.11. The summed E-state index contributed by atoms with van der Waals surface area (Å²) >= 11 is 12.5. The number of anilines is 1. The minimum Gasteiger partial charge on any atom is -0.400 e. The van der Waals surface area contributed by atoms with Gasteiger partial charge in [0.25, 0.3) is 0 Å². The molecule has 7 nitrogen and oxygen atoms in total. The number of halogens is 2. The van der Waals surface area contributed by atoms with Crippen LogP contribution in [-0.2, 0) is 24.9 Å². The number of aliphatic hydroxyl groups is 1. The van der Waals surface area contributed by atoms with E-state index < -0.39 is 0 Å². The predicted octanol–water partition coefficient (Wildman–Crippen LogP) is 6.75. The fourth-order valence-electron chi connectivity index (χ4n) is 3.11. The molecule has 0 amide bonds. The lowest BCUT2D eigenvalue weighted by Crippen LogP contribution is -2.14. The van der Waals surface area contributed by atoms with Gasteiger partial charge < -0.3 is 25.1 Å². The molecular weight excluding hydrogens is 521 g/mol. The van der Waals surface area contributed by atoms with Crippen LogP contribution in [0.15, 0.2) is 55.0 Å². The summed E-state index contributed by atoms with van der Waals surface area (Å²) in [5.74, 6) is 0. The third kappa shape index (κ3) is 12.0. The monoisotopic (exact) mass is 561 g/mol. The highest BCUT2D eigenvalue weighted by Crippen LogP contribution is 2.35. The molecule has 0 aliphatic heterocycles. The molecule has 0 saturated heterocycles. The number of carbonyl (C=O) groups is 1. The van der Waals surface area contributed by atoms with Crippen molar-refractivity contribution in [2.75, 3.05) is 19.5 Å². The Balaban J connectivity index is 0.000000757. The second-order valence-corrected chi connectivity index (χ2v) is 8.97. The fourth-order valence-corrected chi connectivity index (χ4v) is 3.72. The maximum Gasteiger partial charge on any atom is 0.106 e. The number of carbonyl (C=O) groups excluding carboxylic acids is 1. The van der Waals surface area contributed by atoms with Crippen LogP contribution in [0.25, 0.3) is 10.9 Å². The Labute approximate surface area is 237 Å². The van der Waals surface area contributed by atoms with Gasteiger partial charge in [-0.05, 0) is 32.0 Å². The number of nitrogens with one attached hydrogen (secondary N) is 2. The number of aliphatic hydroxyl groups excluding tert-OH is 1. The average molecular weight is 563 g/mol. The molecule has 2 aromatic carbocycles. The first kappa shape index (κ1) is 35.0. The minimum absolute atomic E-state index is 0.566. The predicted molar refractivity (Wildman–Crippen MR) is 162 cm³/mol. The number of hydrogen-bond acceptors (Lipinski definition) is 6. The number of rotatable bonds is 5. The molecule has 4 rings (SSSR count). The van der Waals surface area contributed by atoms with Crippen molar-refractivity contribution in [3.8, 4) is 0 Å². The van der Waals surface area contributed by atoms with Crippen LogP contribution in [-0.4, -0.2) is 40.6 Å². The summed E-state index contributed by atoms with van der Waals surface area (Å²) in [7, 11) is 4.77. The van der Waals surface area contributed by atoms with Gasteiger partial charge in [-0.1, -0.05) is 78.9 Å². The van der Waals surface area contributed by atoms with Crippen LogP contribution in [0.3, 0.4) is 0 Å². The molecule has 9 heteroatoms. The first-order valence-corrected chi connectivity index (χ1v) is 12.9. The molecule has 0 fully saturated rings. The third-order valence-corrected chi connectivity index (χ3v) is 5.39. The summed E-state index contributed by atoms with van der Waals surface area (Å²) < 4.78 is 1.93. The summed E-state index contributed by atoms with van der Waals surface area (Å²) in [5, 5.41) is 15.5. The molecule has 0 unspecified atom stereocenters. The summed E-state index contributed by atoms with van der Waals surface area (Å²) in [6.45, 7) is 11.8. The summed E-state index contributed by atoms with van der Waals surface area (Å²) in [4.78, 5) is 17.0. The van der Waals surface area contributed by atoms with Crippen LogP contribution >= 0.6 is 23.2 Å². The number of nitrogens with zero attached hydrogens (tertiary/aromatic N) is 3. The number of pyridine rings is 1. The SMILES string of the molecule is C=O.CCC.CNc1c(Cl)cc(Cl)c2ccc(CNCc3cn(C)cn3)nc12.CO.Cc1ccc(C)cc1. The lowest BCUT2D eigenvalue weighted by molar-refractivity contribution is -0.0980. The van der Waals surface area contributed by atoms with Crippen molar-refractivity contribution in [1.82, 2.24) is 19.9 Å². The Kier molecular flexibility index (Phi) is 18.5. The summed E-state index contributed by atoms with van der Waals surface area (Å²) in [6, 6.07) is 14.2. The Morgan fingerprint density at radius 2 is 1.45 bits per heavy atom. The summed E-state index contributed by atoms with van der Waals surface area (Å²) in [6.07, 6.45) is 5.02. The second kappa shape index (κ2) is 20.1. The average Bonchev–Trinajstić information content (AvgIpc) is 3.34. The van der Waals surface area contributed by atoms with Crippen molar-refractivity contribution in [3.05, 3.63) is 87.5 Å². The van der Waals surface area contributed by atoms with Gasteiger partial charge in [-0.15, -0.1) is 0 Å². The molecule has 0 saturated carbocycles. The van der Waals surface area contributed by atoms with Gasteiger partial charge in [-0.3, -0.25) is 0 Å². The van der Waals surface area contributed by atoms with Crippen LogP contribution in [0, 0.1) is 13.8 Å². The molecule has 2 aromatic heterocycles. The Morgan fingerprint density at radius 3 is 1.92 bits per heavy atom. The van der Waals surface area contributed by atoms with Crippen molar-refractivity contribution in [1.29, 1.82) is 0 Å². The Hall–Kier alpha value is -2.97. The van der Waals surface area contributed by atoms with E-state index in [0.29, 0.717) is 23.1 Å². The van der Waals surface area contributed by atoms with E-state index in [4.69, 9.17) is 33.1 Å². The van der Waals surface area contributed by atoms with Crippen LogP contribution in [0.5, 0.6) is 0 Å². The van der Waals surface area contributed by atoms with E-state index in [2.05, 4.69) is 72.6 Å². The van der Waals surface area contributed by atoms with E-state index in [-0.39, 0.29) is 0 Å². The van der Waals surface area contributed by atoms with E-state index in [1.165, 1.54) is 17.5 Å². The molecule has 4 aromatic rings. The number of aromatic nitrogens is 3. The quantitative estimate of drug-likeness (QED) is 0.249. The molecule has 0 aliphatic rings. The first-order valence-electron chi connectivity index (χ1n) is 12.2. The fraction of sp³-hybridized carbons (Fsp3) is 0.345. The second-order valence-electron chi connectivity index (χ2n) is 8.16. The highest BCUT2D eigenvalue weighted by Gasteiger charge is 2.11. The highest BCUT2D eigenvalue weighted by molar-refractivity contribution is 6.40. The van der Waals surface area contributed by atoms with Crippen molar-refractivity contribution in [2.45, 2.75) is 47.2 Å². The standard InChI is InChI=1S/C16H17Cl2N5.C8H10.C3H8.CH4O.CH2O/c1-19-16-14(18)5-13(17)12-4-3-10(22-15(12)16)6-20-7-11-8-23(2)9-21-11;1-7-3-5-8(2)6-4-7;1-3-2;2*1-2/h3-5,8-9,19-20H,6-7H2,1-2H3;3-6H,1-2H3;3H2,1-2H3;2H,1H3;1H2. The van der Waals surface area contributed by atoms with Gasteiger partial charge in [0.05, 0.1) is 39.0 Å². The van der Waals surface area contributed by atoms with E-state index in [1.54, 1.807) is 12.4 Å². The highest BCUT2D eigenvalue weighted by atomic mass is 35.5. The topological polar surface area (TPSA) is 92.1 Å². The number of fused-ring (bicyclic) bond motifs is 1. The van der Waals surface area contributed by atoms with Gasteiger partial charge in [0, 0.05) is 45.9 Å². The zero-order chi connectivity index (χ0) is 29.1. The molecule has 208 valence electrons. The molecule has 2 heterocycles. The number of hydrogen-bond donors (Lipinski definition) is 3. The van der Waals surface area contributed by atoms with E-state index in [1.807, 2.05) is 43.8 Å². The Morgan fingerprint density at radius 1 is 0.921 bits per heavy atom. The van der Waals surface area contributed by atoms with Gasteiger partial charge in [0.15, 0.2) is 0 Å². The number of imidazole rings is 1. The molecular formula is C29H41Cl2N5O2. The molecule has 0 radical (unpaired) electrons. The van der Waals surface area contributed by atoms with Crippen molar-refractivity contribution >= 4 is 46.6 Å². The smallest absolute Gasteiger partial charge is 0.106 e.